The molecule has 2 aromatic carbocycles. The second-order valence-electron chi connectivity index (χ2n) is 6.63. The Morgan fingerprint density at radius 3 is 2.75 bits per heavy atom. The number of hydrogen-bond acceptors (Lipinski definition) is 5. The van der Waals surface area contributed by atoms with Crippen molar-refractivity contribution < 1.29 is 23.5 Å². The van der Waals surface area contributed by atoms with Gasteiger partial charge in [0.05, 0.1) is 18.2 Å². The van der Waals surface area contributed by atoms with E-state index in [-0.39, 0.29) is 11.3 Å². The average Bonchev–Trinajstić information content (AvgIpc) is 3.17. The van der Waals surface area contributed by atoms with Gasteiger partial charge in [0.1, 0.15) is 0 Å². The average molecular weight is 379 g/mol. The zero-order valence-corrected chi connectivity index (χ0v) is 15.3. The van der Waals surface area contributed by atoms with Crippen LogP contribution in [0.25, 0.3) is 10.9 Å². The standard InChI is InChI=1S/C22H18FNO4/c1-27-20-10-9-13(11-16(20)23)19(25)12-28-22(26)21-14-5-2-3-7-17(14)24-18-8-4-6-15(18)21/h2-3,5,7,9-11H,4,6,8,12H2,1H3. The van der Waals surface area contributed by atoms with Gasteiger partial charge in [-0.1, -0.05) is 18.2 Å². The van der Waals surface area contributed by atoms with Crippen molar-refractivity contribution in [3.05, 3.63) is 70.7 Å². The van der Waals surface area contributed by atoms with Gasteiger partial charge in [0.25, 0.3) is 0 Å². The largest absolute Gasteiger partial charge is 0.494 e. The van der Waals surface area contributed by atoms with Crippen molar-refractivity contribution >= 4 is 22.7 Å². The van der Waals surface area contributed by atoms with Crippen molar-refractivity contribution in [2.75, 3.05) is 13.7 Å². The highest BCUT2D eigenvalue weighted by Gasteiger charge is 2.25. The Hall–Kier alpha value is -3.28. The molecule has 5 nitrogen and oxygen atoms in total. The fourth-order valence-corrected chi connectivity index (χ4v) is 3.57. The summed E-state index contributed by atoms with van der Waals surface area (Å²) in [5.74, 6) is -1.63. The number of halogens is 1. The molecule has 0 saturated carbocycles. The summed E-state index contributed by atoms with van der Waals surface area (Å²) in [6, 6.07) is 11.3. The molecule has 0 saturated heterocycles. The molecule has 0 N–H and O–H groups in total. The Bertz CT molecular complexity index is 1090. The lowest BCUT2D eigenvalue weighted by Crippen LogP contribution is -2.16. The minimum Gasteiger partial charge on any atom is -0.494 e. The summed E-state index contributed by atoms with van der Waals surface area (Å²) in [5, 5.41) is 0.719. The third kappa shape index (κ3) is 3.22. The molecule has 1 aliphatic carbocycles. The lowest BCUT2D eigenvalue weighted by molar-refractivity contribution is 0.0475. The lowest BCUT2D eigenvalue weighted by atomic mass is 10.0. The summed E-state index contributed by atoms with van der Waals surface area (Å²) in [7, 11) is 1.35. The number of pyridine rings is 1. The number of aryl methyl sites for hydroxylation is 1. The van der Waals surface area contributed by atoms with Gasteiger partial charge < -0.3 is 9.47 Å². The topological polar surface area (TPSA) is 65.5 Å². The molecule has 6 heteroatoms. The summed E-state index contributed by atoms with van der Waals surface area (Å²) in [6.45, 7) is -0.462. The number of esters is 1. The van der Waals surface area contributed by atoms with Gasteiger partial charge >= 0.3 is 5.97 Å². The monoisotopic (exact) mass is 379 g/mol. The molecule has 1 aliphatic rings. The molecule has 0 spiro atoms. The van der Waals surface area contributed by atoms with Crippen LogP contribution in [0.5, 0.6) is 5.75 Å². The number of rotatable bonds is 5. The van der Waals surface area contributed by atoms with E-state index in [4.69, 9.17) is 9.47 Å². The van der Waals surface area contributed by atoms with E-state index in [0.717, 1.165) is 47.5 Å². The summed E-state index contributed by atoms with van der Waals surface area (Å²) in [6.07, 6.45) is 2.52. The Balaban J connectivity index is 1.58. The van der Waals surface area contributed by atoms with Gasteiger partial charge in [-0.15, -0.1) is 0 Å². The van der Waals surface area contributed by atoms with Gasteiger partial charge in [-0.2, -0.15) is 0 Å². The van der Waals surface area contributed by atoms with Crippen molar-refractivity contribution in [2.45, 2.75) is 19.3 Å². The normalized spacial score (nSPS) is 12.6. The van der Waals surface area contributed by atoms with Gasteiger partial charge in [0, 0.05) is 16.6 Å². The number of carbonyl (C=O) groups excluding carboxylic acids is 2. The van der Waals surface area contributed by atoms with Gasteiger partial charge in [-0.3, -0.25) is 9.78 Å². The van der Waals surface area contributed by atoms with Crippen LogP contribution in [0.15, 0.2) is 42.5 Å². The third-order valence-corrected chi connectivity index (χ3v) is 4.93. The van der Waals surface area contributed by atoms with Crippen molar-refractivity contribution in [3.63, 3.8) is 0 Å². The van der Waals surface area contributed by atoms with Gasteiger partial charge in [-0.05, 0) is 49.1 Å². The highest BCUT2D eigenvalue weighted by Crippen LogP contribution is 2.30. The van der Waals surface area contributed by atoms with Crippen molar-refractivity contribution in [1.29, 1.82) is 0 Å². The number of Topliss-reactive ketones (excluding diaryl/α,β-unsaturated/α-hetero) is 1. The van der Waals surface area contributed by atoms with Crippen LogP contribution in [0.4, 0.5) is 4.39 Å². The molecule has 0 radical (unpaired) electrons. The maximum atomic E-state index is 13.8. The van der Waals surface area contributed by atoms with E-state index in [1.165, 1.54) is 19.2 Å². The molecule has 0 unspecified atom stereocenters. The Labute approximate surface area is 161 Å². The number of ketones is 1. The molecule has 0 aliphatic heterocycles. The zero-order valence-electron chi connectivity index (χ0n) is 15.3. The molecule has 1 aromatic heterocycles. The number of nitrogens with zero attached hydrogens (tertiary/aromatic N) is 1. The van der Waals surface area contributed by atoms with E-state index in [1.54, 1.807) is 0 Å². The first-order valence-corrected chi connectivity index (χ1v) is 9.03. The minimum absolute atomic E-state index is 0.0485. The van der Waals surface area contributed by atoms with Gasteiger partial charge in [0.15, 0.2) is 24.0 Å². The van der Waals surface area contributed by atoms with Crippen LogP contribution >= 0.6 is 0 Å². The summed E-state index contributed by atoms with van der Waals surface area (Å²) in [5.41, 5.74) is 3.14. The summed E-state index contributed by atoms with van der Waals surface area (Å²) < 4.78 is 24.0. The van der Waals surface area contributed by atoms with Crippen molar-refractivity contribution in [1.82, 2.24) is 4.98 Å². The Morgan fingerprint density at radius 2 is 1.96 bits per heavy atom. The van der Waals surface area contributed by atoms with Gasteiger partial charge in [0.2, 0.25) is 0 Å². The Kier molecular flexibility index (Phi) is 4.77. The molecule has 28 heavy (non-hydrogen) atoms. The number of hydrogen-bond donors (Lipinski definition) is 0. The highest BCUT2D eigenvalue weighted by molar-refractivity contribution is 6.06. The fourth-order valence-electron chi connectivity index (χ4n) is 3.57. The number of aromatic nitrogens is 1. The van der Waals surface area contributed by atoms with E-state index >= 15 is 0 Å². The van der Waals surface area contributed by atoms with E-state index in [2.05, 4.69) is 4.98 Å². The van der Waals surface area contributed by atoms with Crippen molar-refractivity contribution in [3.8, 4) is 5.75 Å². The molecule has 142 valence electrons. The summed E-state index contributed by atoms with van der Waals surface area (Å²) >= 11 is 0. The second-order valence-corrected chi connectivity index (χ2v) is 6.63. The smallest absolute Gasteiger partial charge is 0.339 e. The lowest BCUT2D eigenvalue weighted by Gasteiger charge is -2.12. The number of para-hydroxylation sites is 1. The zero-order chi connectivity index (χ0) is 19.7. The molecule has 4 rings (SSSR count). The highest BCUT2D eigenvalue weighted by atomic mass is 19.1. The summed E-state index contributed by atoms with van der Waals surface area (Å²) in [4.78, 5) is 29.8. The molecule has 3 aromatic rings. The molecule has 0 bridgehead atoms. The van der Waals surface area contributed by atoms with E-state index in [0.29, 0.717) is 5.56 Å². The third-order valence-electron chi connectivity index (χ3n) is 4.93. The first kappa shape index (κ1) is 18.1. The Morgan fingerprint density at radius 1 is 1.14 bits per heavy atom. The molecule has 1 heterocycles. The van der Waals surface area contributed by atoms with Crippen LogP contribution in [0.3, 0.4) is 0 Å². The minimum atomic E-state index is -0.641. The SMILES string of the molecule is COc1ccc(C(=O)COC(=O)c2c3c(nc4ccccc24)CCC3)cc1F. The molecular formula is C22H18FNO4. The first-order valence-electron chi connectivity index (χ1n) is 9.03. The van der Waals surface area contributed by atoms with Gasteiger partial charge in [-0.25, -0.2) is 9.18 Å². The predicted molar refractivity (Wildman–Crippen MR) is 101 cm³/mol. The molecular weight excluding hydrogens is 361 g/mol. The second kappa shape index (κ2) is 7.38. The number of benzene rings is 2. The maximum Gasteiger partial charge on any atom is 0.339 e. The van der Waals surface area contributed by atoms with Crippen LogP contribution < -0.4 is 4.74 Å². The maximum absolute atomic E-state index is 13.8. The van der Waals surface area contributed by atoms with E-state index in [9.17, 15) is 14.0 Å². The van der Waals surface area contributed by atoms with Crippen LogP contribution in [0, 0.1) is 5.82 Å². The van der Waals surface area contributed by atoms with Crippen molar-refractivity contribution in [2.24, 2.45) is 0 Å². The molecule has 0 fully saturated rings. The molecule has 0 amide bonds. The van der Waals surface area contributed by atoms with E-state index < -0.39 is 24.2 Å². The number of fused-ring (bicyclic) bond motifs is 2. The van der Waals surface area contributed by atoms with Crippen LogP contribution in [0.1, 0.15) is 38.4 Å². The molecule has 0 atom stereocenters. The fraction of sp³-hybridized carbons (Fsp3) is 0.227. The first-order chi connectivity index (χ1) is 13.6. The number of ether oxygens (including phenoxy) is 2. The quantitative estimate of drug-likeness (QED) is 0.497. The van der Waals surface area contributed by atoms with Crippen LogP contribution in [0.2, 0.25) is 0 Å². The van der Waals surface area contributed by atoms with E-state index in [1.807, 2.05) is 24.3 Å². The number of methoxy groups -OCH3 is 1. The predicted octanol–water partition coefficient (Wildman–Crippen LogP) is 3.91. The number of carbonyl (C=O) groups is 2. The van der Waals surface area contributed by atoms with Crippen LogP contribution in [-0.2, 0) is 17.6 Å². The van der Waals surface area contributed by atoms with Crippen LogP contribution in [-0.4, -0.2) is 30.5 Å².